The zero-order chi connectivity index (χ0) is 16.3. The van der Waals surface area contributed by atoms with Crippen molar-refractivity contribution in [1.82, 2.24) is 14.5 Å². The standard InChI is InChI=1S/C13H13N3O5S2/c1-3-5-6-7(21-13(22)20-6)11(19-5)16-9-8(23-12(16)18)10(17)15-4(2)14-9/h5-7,11H,3H2,1-2H3,(H,14,15,17)/t5-,6-,7-,11-/m1/s1. The van der Waals surface area contributed by atoms with E-state index in [9.17, 15) is 9.59 Å². The summed E-state index contributed by atoms with van der Waals surface area (Å²) in [6, 6.07) is 0. The number of fused-ring (bicyclic) bond motifs is 2. The number of thiocarbonyl (C=S) groups is 1. The summed E-state index contributed by atoms with van der Waals surface area (Å²) in [5.74, 6) is 0.426. The Balaban J connectivity index is 1.89. The molecule has 0 saturated carbocycles. The zero-order valence-electron chi connectivity index (χ0n) is 12.3. The molecule has 0 bridgehead atoms. The van der Waals surface area contributed by atoms with Crippen LogP contribution >= 0.6 is 23.6 Å². The molecule has 2 aliphatic rings. The number of ether oxygens (including phenoxy) is 3. The molecule has 0 unspecified atom stereocenters. The Morgan fingerprint density at radius 3 is 2.83 bits per heavy atom. The molecule has 4 atom stereocenters. The van der Waals surface area contributed by atoms with Crippen molar-refractivity contribution in [3.63, 3.8) is 0 Å². The fourth-order valence-corrected chi connectivity index (χ4v) is 4.09. The highest BCUT2D eigenvalue weighted by Gasteiger charge is 2.53. The molecule has 23 heavy (non-hydrogen) atoms. The number of hydrogen-bond acceptors (Lipinski definition) is 8. The molecule has 2 aliphatic heterocycles. The highest BCUT2D eigenvalue weighted by molar-refractivity contribution is 7.79. The highest BCUT2D eigenvalue weighted by atomic mass is 32.1. The van der Waals surface area contributed by atoms with E-state index in [1.807, 2.05) is 6.92 Å². The molecule has 2 saturated heterocycles. The minimum atomic E-state index is -0.722. The summed E-state index contributed by atoms with van der Waals surface area (Å²) in [7, 11) is 0. The van der Waals surface area contributed by atoms with E-state index in [0.717, 1.165) is 11.3 Å². The summed E-state index contributed by atoms with van der Waals surface area (Å²) >= 11 is 5.81. The molecule has 4 rings (SSSR count). The maximum atomic E-state index is 12.4. The van der Waals surface area contributed by atoms with Gasteiger partial charge < -0.3 is 19.2 Å². The van der Waals surface area contributed by atoms with Gasteiger partial charge in [0, 0.05) is 12.2 Å². The number of thiazole rings is 1. The van der Waals surface area contributed by atoms with E-state index in [1.165, 1.54) is 4.57 Å². The summed E-state index contributed by atoms with van der Waals surface area (Å²) in [5.41, 5.74) is -0.0442. The quantitative estimate of drug-likeness (QED) is 0.797. The van der Waals surface area contributed by atoms with Gasteiger partial charge in [0.15, 0.2) is 24.1 Å². The van der Waals surface area contributed by atoms with Crippen LogP contribution in [0.2, 0.25) is 0 Å². The average molecular weight is 355 g/mol. The van der Waals surface area contributed by atoms with E-state index in [1.54, 1.807) is 6.92 Å². The van der Waals surface area contributed by atoms with Crippen LogP contribution in [0.5, 0.6) is 0 Å². The van der Waals surface area contributed by atoms with E-state index in [-0.39, 0.29) is 32.6 Å². The molecule has 0 amide bonds. The summed E-state index contributed by atoms with van der Waals surface area (Å²) in [4.78, 5) is 31.0. The van der Waals surface area contributed by atoms with Gasteiger partial charge in [0.2, 0.25) is 0 Å². The van der Waals surface area contributed by atoms with Crippen molar-refractivity contribution < 1.29 is 14.2 Å². The van der Waals surface area contributed by atoms with Crippen LogP contribution in [0.3, 0.4) is 0 Å². The molecule has 2 aromatic heterocycles. The summed E-state index contributed by atoms with van der Waals surface area (Å²) in [5, 5.41) is 0.0568. The van der Waals surface area contributed by atoms with Crippen LogP contribution in [-0.4, -0.2) is 38.1 Å². The minimum Gasteiger partial charge on any atom is -0.447 e. The predicted molar refractivity (Wildman–Crippen MR) is 85.8 cm³/mol. The van der Waals surface area contributed by atoms with Gasteiger partial charge in [-0.3, -0.25) is 14.2 Å². The lowest BCUT2D eigenvalue weighted by atomic mass is 10.1. The number of nitrogens with zero attached hydrogens (tertiary/aromatic N) is 2. The smallest absolute Gasteiger partial charge is 0.353 e. The van der Waals surface area contributed by atoms with E-state index in [4.69, 9.17) is 26.4 Å². The number of aromatic nitrogens is 3. The number of nitrogens with one attached hydrogen (secondary N) is 1. The van der Waals surface area contributed by atoms with Crippen LogP contribution in [0.15, 0.2) is 9.59 Å². The molecular formula is C13H13N3O5S2. The number of aromatic amines is 1. The van der Waals surface area contributed by atoms with Crippen molar-refractivity contribution in [2.45, 2.75) is 44.8 Å². The van der Waals surface area contributed by atoms with E-state index in [2.05, 4.69) is 9.97 Å². The van der Waals surface area contributed by atoms with Crippen LogP contribution in [0, 0.1) is 6.92 Å². The minimum absolute atomic E-state index is 0.0568. The van der Waals surface area contributed by atoms with Gasteiger partial charge in [0.05, 0.1) is 0 Å². The Morgan fingerprint density at radius 1 is 1.35 bits per heavy atom. The van der Waals surface area contributed by atoms with Crippen LogP contribution < -0.4 is 10.4 Å². The second-order valence-electron chi connectivity index (χ2n) is 5.43. The topological polar surface area (TPSA) is 95.4 Å². The fourth-order valence-electron chi connectivity index (χ4n) is 3.03. The van der Waals surface area contributed by atoms with Gasteiger partial charge in [0.25, 0.3) is 5.56 Å². The van der Waals surface area contributed by atoms with Gasteiger partial charge in [-0.25, -0.2) is 4.98 Å². The molecule has 2 fully saturated rings. The monoisotopic (exact) mass is 355 g/mol. The number of H-pyrrole nitrogens is 1. The SMILES string of the molecule is CC[C@H]1O[C@@H](n2c(=O)sc3c(=O)[nH]c(C)nc32)[C@@H]2OC(=S)O[C@@H]21. The maximum absolute atomic E-state index is 12.4. The number of rotatable bonds is 2. The second-order valence-corrected chi connectivity index (χ2v) is 6.73. The Labute approximate surface area is 139 Å². The lowest BCUT2D eigenvalue weighted by molar-refractivity contribution is -0.0437. The summed E-state index contributed by atoms with van der Waals surface area (Å²) < 4.78 is 18.6. The lowest BCUT2D eigenvalue weighted by Gasteiger charge is -2.17. The van der Waals surface area contributed by atoms with Crippen LogP contribution in [0.25, 0.3) is 10.3 Å². The highest BCUT2D eigenvalue weighted by Crippen LogP contribution is 2.39. The van der Waals surface area contributed by atoms with Crippen molar-refractivity contribution >= 4 is 39.1 Å². The van der Waals surface area contributed by atoms with Gasteiger partial charge in [-0.15, -0.1) is 0 Å². The molecule has 10 heteroatoms. The second kappa shape index (κ2) is 5.11. The molecule has 122 valence electrons. The van der Waals surface area contributed by atoms with Gasteiger partial charge in [-0.05, 0) is 13.3 Å². The fraction of sp³-hybridized carbons (Fsp3) is 0.538. The first-order valence-corrected chi connectivity index (χ1v) is 8.36. The molecule has 8 nitrogen and oxygen atoms in total. The molecule has 0 spiro atoms. The largest absolute Gasteiger partial charge is 0.447 e. The number of aryl methyl sites for hydroxylation is 1. The van der Waals surface area contributed by atoms with Gasteiger partial charge in [0.1, 0.15) is 16.6 Å². The molecule has 0 radical (unpaired) electrons. The van der Waals surface area contributed by atoms with Crippen LogP contribution in [0.4, 0.5) is 0 Å². The number of hydrogen-bond donors (Lipinski definition) is 1. The predicted octanol–water partition coefficient (Wildman–Crippen LogP) is 0.831. The Bertz CT molecular complexity index is 916. The third-order valence-electron chi connectivity index (χ3n) is 4.00. The van der Waals surface area contributed by atoms with Crippen molar-refractivity contribution in [2.75, 3.05) is 0 Å². The molecule has 1 N–H and O–H groups in total. The first-order valence-electron chi connectivity index (χ1n) is 7.14. The lowest BCUT2D eigenvalue weighted by Crippen LogP contribution is -2.31. The summed E-state index contributed by atoms with van der Waals surface area (Å²) in [6.45, 7) is 3.61. The van der Waals surface area contributed by atoms with Crippen LogP contribution in [-0.2, 0) is 14.2 Å². The normalized spacial score (nSPS) is 29.6. The van der Waals surface area contributed by atoms with Crippen molar-refractivity contribution in [3.8, 4) is 0 Å². The molecule has 0 aliphatic carbocycles. The van der Waals surface area contributed by atoms with Crippen molar-refractivity contribution in [3.05, 3.63) is 25.8 Å². The third-order valence-corrected chi connectivity index (χ3v) is 5.13. The zero-order valence-corrected chi connectivity index (χ0v) is 13.9. The first kappa shape index (κ1) is 14.8. The Kier molecular flexibility index (Phi) is 3.29. The van der Waals surface area contributed by atoms with E-state index >= 15 is 0 Å². The average Bonchev–Trinajstić information content (AvgIpc) is 3.10. The molecule has 2 aromatic rings. The Hall–Kier alpha value is -1.78. The Morgan fingerprint density at radius 2 is 2.09 bits per heavy atom. The van der Waals surface area contributed by atoms with Gasteiger partial charge in [-0.1, -0.05) is 18.3 Å². The van der Waals surface area contributed by atoms with Gasteiger partial charge in [-0.2, -0.15) is 0 Å². The first-order chi connectivity index (χ1) is 11.0. The van der Waals surface area contributed by atoms with Crippen molar-refractivity contribution in [1.29, 1.82) is 0 Å². The van der Waals surface area contributed by atoms with E-state index < -0.39 is 12.3 Å². The van der Waals surface area contributed by atoms with Gasteiger partial charge >= 0.3 is 10.1 Å². The third kappa shape index (κ3) is 2.12. The summed E-state index contributed by atoms with van der Waals surface area (Å²) in [6.07, 6.45) is -1.16. The molecule has 4 heterocycles. The van der Waals surface area contributed by atoms with Crippen LogP contribution in [0.1, 0.15) is 25.4 Å². The molecular weight excluding hydrogens is 342 g/mol. The maximum Gasteiger partial charge on any atom is 0.353 e. The molecule has 0 aromatic carbocycles. The van der Waals surface area contributed by atoms with Crippen molar-refractivity contribution in [2.24, 2.45) is 0 Å². The van der Waals surface area contributed by atoms with E-state index in [0.29, 0.717) is 17.9 Å².